The SMILES string of the molecule is CCOC(=O)C(F)[C@H](N)c1ccc(F)c(OC)c1. The van der Waals surface area contributed by atoms with Gasteiger partial charge >= 0.3 is 5.97 Å². The van der Waals surface area contributed by atoms with Gasteiger partial charge in [0.05, 0.1) is 19.8 Å². The molecule has 6 heteroatoms. The summed E-state index contributed by atoms with van der Waals surface area (Å²) in [5.41, 5.74) is 5.85. The van der Waals surface area contributed by atoms with Crippen LogP contribution in [-0.2, 0) is 9.53 Å². The van der Waals surface area contributed by atoms with Gasteiger partial charge in [0.1, 0.15) is 0 Å². The number of methoxy groups -OCH3 is 1. The Hall–Kier alpha value is -1.69. The molecule has 0 aliphatic carbocycles. The molecule has 1 rings (SSSR count). The average Bonchev–Trinajstić information content (AvgIpc) is 2.38. The summed E-state index contributed by atoms with van der Waals surface area (Å²) in [7, 11) is 1.28. The predicted octanol–water partition coefficient (Wildman–Crippen LogP) is 1.74. The molecule has 0 aliphatic rings. The van der Waals surface area contributed by atoms with E-state index in [1.807, 2.05) is 0 Å². The van der Waals surface area contributed by atoms with Crippen molar-refractivity contribution in [2.45, 2.75) is 19.1 Å². The van der Waals surface area contributed by atoms with Crippen molar-refractivity contribution in [3.8, 4) is 5.75 Å². The summed E-state index contributed by atoms with van der Waals surface area (Å²) in [6, 6.07) is 2.44. The van der Waals surface area contributed by atoms with Gasteiger partial charge in [0.15, 0.2) is 11.6 Å². The molecule has 1 unspecified atom stereocenters. The van der Waals surface area contributed by atoms with Crippen LogP contribution in [0.2, 0.25) is 0 Å². The topological polar surface area (TPSA) is 61.5 Å². The highest BCUT2D eigenvalue weighted by molar-refractivity contribution is 5.75. The molecule has 0 radical (unpaired) electrons. The number of esters is 1. The fourth-order valence-corrected chi connectivity index (χ4v) is 1.42. The van der Waals surface area contributed by atoms with E-state index in [-0.39, 0.29) is 17.9 Å². The first-order valence-electron chi connectivity index (χ1n) is 5.41. The van der Waals surface area contributed by atoms with E-state index in [2.05, 4.69) is 4.74 Å². The molecule has 2 N–H and O–H groups in total. The molecule has 0 bridgehead atoms. The normalized spacial score (nSPS) is 13.8. The number of hydrogen-bond donors (Lipinski definition) is 1. The minimum absolute atomic E-state index is 0.0565. The maximum Gasteiger partial charge on any atom is 0.342 e. The number of ether oxygens (including phenoxy) is 2. The van der Waals surface area contributed by atoms with E-state index in [1.165, 1.54) is 19.2 Å². The minimum Gasteiger partial charge on any atom is -0.494 e. The molecule has 0 aromatic heterocycles. The minimum atomic E-state index is -2.00. The second-order valence-corrected chi connectivity index (χ2v) is 3.57. The van der Waals surface area contributed by atoms with Crippen LogP contribution in [0.25, 0.3) is 0 Å². The fraction of sp³-hybridized carbons (Fsp3) is 0.417. The largest absolute Gasteiger partial charge is 0.494 e. The smallest absolute Gasteiger partial charge is 0.342 e. The van der Waals surface area contributed by atoms with E-state index in [4.69, 9.17) is 10.5 Å². The van der Waals surface area contributed by atoms with Crippen LogP contribution in [0.4, 0.5) is 8.78 Å². The zero-order chi connectivity index (χ0) is 13.7. The molecule has 100 valence electrons. The van der Waals surface area contributed by atoms with Crippen LogP contribution in [0.5, 0.6) is 5.75 Å². The summed E-state index contributed by atoms with van der Waals surface area (Å²) in [6.45, 7) is 1.63. The Balaban J connectivity index is 2.89. The number of rotatable bonds is 5. The third-order valence-electron chi connectivity index (χ3n) is 2.39. The van der Waals surface area contributed by atoms with Crippen LogP contribution in [0.15, 0.2) is 18.2 Å². The van der Waals surface area contributed by atoms with E-state index in [0.717, 1.165) is 6.07 Å². The lowest BCUT2D eigenvalue weighted by Crippen LogP contribution is -2.31. The second kappa shape index (κ2) is 6.30. The monoisotopic (exact) mass is 259 g/mol. The van der Waals surface area contributed by atoms with Gasteiger partial charge in [0, 0.05) is 0 Å². The summed E-state index contributed by atoms with van der Waals surface area (Å²) in [4.78, 5) is 11.2. The van der Waals surface area contributed by atoms with E-state index in [1.54, 1.807) is 6.92 Å². The van der Waals surface area contributed by atoms with Gasteiger partial charge in [-0.3, -0.25) is 0 Å². The summed E-state index contributed by atoms with van der Waals surface area (Å²) in [6.07, 6.45) is -2.00. The Morgan fingerprint density at radius 1 is 1.50 bits per heavy atom. The molecule has 4 nitrogen and oxygen atoms in total. The Morgan fingerprint density at radius 2 is 2.17 bits per heavy atom. The van der Waals surface area contributed by atoms with Crippen molar-refractivity contribution < 1.29 is 23.0 Å². The van der Waals surface area contributed by atoms with Gasteiger partial charge in [0.25, 0.3) is 0 Å². The van der Waals surface area contributed by atoms with Gasteiger partial charge in [0.2, 0.25) is 6.17 Å². The molecule has 0 aliphatic heterocycles. The molecule has 0 saturated carbocycles. The lowest BCUT2D eigenvalue weighted by Gasteiger charge is -2.16. The molecule has 0 spiro atoms. The van der Waals surface area contributed by atoms with Crippen LogP contribution < -0.4 is 10.5 Å². The Kier molecular flexibility index (Phi) is 5.03. The predicted molar refractivity (Wildman–Crippen MR) is 61.4 cm³/mol. The van der Waals surface area contributed by atoms with E-state index in [0.29, 0.717) is 0 Å². The fourth-order valence-electron chi connectivity index (χ4n) is 1.42. The van der Waals surface area contributed by atoms with Gasteiger partial charge in [-0.1, -0.05) is 6.07 Å². The van der Waals surface area contributed by atoms with Gasteiger partial charge < -0.3 is 15.2 Å². The Bertz CT molecular complexity index is 426. The van der Waals surface area contributed by atoms with Gasteiger partial charge in [-0.05, 0) is 24.6 Å². The van der Waals surface area contributed by atoms with E-state index >= 15 is 0 Å². The first-order chi connectivity index (χ1) is 8.51. The third-order valence-corrected chi connectivity index (χ3v) is 2.39. The van der Waals surface area contributed by atoms with E-state index in [9.17, 15) is 13.6 Å². The summed E-state index contributed by atoms with van der Waals surface area (Å²) in [5.74, 6) is -1.67. The molecule has 0 fully saturated rings. The van der Waals surface area contributed by atoms with Crippen molar-refractivity contribution in [1.29, 1.82) is 0 Å². The van der Waals surface area contributed by atoms with Crippen molar-refractivity contribution in [1.82, 2.24) is 0 Å². The summed E-state index contributed by atoms with van der Waals surface area (Å²) in [5, 5.41) is 0. The lowest BCUT2D eigenvalue weighted by molar-refractivity contribution is -0.149. The van der Waals surface area contributed by atoms with Crippen LogP contribution >= 0.6 is 0 Å². The highest BCUT2D eigenvalue weighted by Gasteiger charge is 2.28. The highest BCUT2D eigenvalue weighted by Crippen LogP contribution is 2.24. The first-order valence-corrected chi connectivity index (χ1v) is 5.41. The number of alkyl halides is 1. The van der Waals surface area contributed by atoms with Crippen molar-refractivity contribution in [3.63, 3.8) is 0 Å². The quantitative estimate of drug-likeness (QED) is 0.818. The second-order valence-electron chi connectivity index (χ2n) is 3.57. The van der Waals surface area contributed by atoms with Crippen molar-refractivity contribution in [2.24, 2.45) is 5.73 Å². The number of carbonyl (C=O) groups is 1. The number of carbonyl (C=O) groups excluding carboxylic acids is 1. The third kappa shape index (κ3) is 3.16. The zero-order valence-corrected chi connectivity index (χ0v) is 10.2. The van der Waals surface area contributed by atoms with Crippen LogP contribution in [0.1, 0.15) is 18.5 Å². The first kappa shape index (κ1) is 14.4. The Morgan fingerprint density at radius 3 is 2.72 bits per heavy atom. The summed E-state index contributed by atoms with van der Waals surface area (Å²) < 4.78 is 36.1. The Labute approximate surface area is 104 Å². The summed E-state index contributed by atoms with van der Waals surface area (Å²) >= 11 is 0. The van der Waals surface area contributed by atoms with E-state index < -0.39 is 24.0 Å². The maximum atomic E-state index is 13.7. The molecule has 0 amide bonds. The van der Waals surface area contributed by atoms with Gasteiger partial charge in [-0.2, -0.15) is 0 Å². The molecule has 1 aromatic rings. The molecule has 1 aromatic carbocycles. The molecule has 18 heavy (non-hydrogen) atoms. The maximum absolute atomic E-state index is 13.7. The van der Waals surface area contributed by atoms with Crippen LogP contribution in [0, 0.1) is 5.82 Å². The number of halogens is 2. The lowest BCUT2D eigenvalue weighted by atomic mass is 10.0. The number of nitrogens with two attached hydrogens (primary N) is 1. The standard InChI is InChI=1S/C12H15F2NO3/c1-3-18-12(16)10(14)11(15)7-4-5-8(13)9(6-7)17-2/h4-6,10-11H,3,15H2,1-2H3/t10?,11-/m1/s1. The number of hydrogen-bond acceptors (Lipinski definition) is 4. The molecule has 0 heterocycles. The highest BCUT2D eigenvalue weighted by atomic mass is 19.1. The molecule has 0 saturated heterocycles. The average molecular weight is 259 g/mol. The van der Waals surface area contributed by atoms with Crippen molar-refractivity contribution in [2.75, 3.05) is 13.7 Å². The van der Waals surface area contributed by atoms with Gasteiger partial charge in [-0.15, -0.1) is 0 Å². The zero-order valence-electron chi connectivity index (χ0n) is 10.2. The molecule has 2 atom stereocenters. The number of benzene rings is 1. The van der Waals surface area contributed by atoms with Crippen molar-refractivity contribution in [3.05, 3.63) is 29.6 Å². The molecular formula is C12H15F2NO3. The van der Waals surface area contributed by atoms with Crippen LogP contribution in [0.3, 0.4) is 0 Å². The van der Waals surface area contributed by atoms with Crippen molar-refractivity contribution >= 4 is 5.97 Å². The van der Waals surface area contributed by atoms with Crippen LogP contribution in [-0.4, -0.2) is 25.9 Å². The molecular weight excluding hydrogens is 244 g/mol. The van der Waals surface area contributed by atoms with Gasteiger partial charge in [-0.25, -0.2) is 13.6 Å².